The summed E-state index contributed by atoms with van der Waals surface area (Å²) in [6.07, 6.45) is 1.39. The van der Waals surface area contributed by atoms with Crippen molar-refractivity contribution in [1.82, 2.24) is 9.97 Å². The van der Waals surface area contributed by atoms with Crippen LogP contribution in [0.25, 0.3) is 5.32 Å². The van der Waals surface area contributed by atoms with E-state index in [1.165, 1.54) is 12.3 Å². The molecule has 0 unspecified atom stereocenters. The zero-order chi connectivity index (χ0) is 8.27. The van der Waals surface area contributed by atoms with Crippen LogP contribution in [0.4, 0.5) is 5.95 Å². The molecular formula is C6H6N4O. The fourth-order valence-electron chi connectivity index (χ4n) is 0.574. The zero-order valence-corrected chi connectivity index (χ0v) is 5.69. The van der Waals surface area contributed by atoms with Gasteiger partial charge in [0, 0.05) is 13.2 Å². The van der Waals surface area contributed by atoms with Crippen LogP contribution in [0.1, 0.15) is 10.5 Å². The minimum atomic E-state index is -0.501. The number of anilines is 1. The summed E-state index contributed by atoms with van der Waals surface area (Å²) in [5, 5.41) is 3.17. The molecule has 1 heterocycles. The fourth-order valence-corrected chi connectivity index (χ4v) is 0.574. The Balaban J connectivity index is 2.96. The predicted molar refractivity (Wildman–Crippen MR) is 39.5 cm³/mol. The van der Waals surface area contributed by atoms with Gasteiger partial charge in [0.1, 0.15) is 5.91 Å². The topological polar surface area (TPSA) is 83.0 Å². The number of carbonyl (C=O) groups is 1. The third-order valence-electron chi connectivity index (χ3n) is 1.04. The first kappa shape index (κ1) is 7.33. The molecule has 11 heavy (non-hydrogen) atoms. The highest BCUT2D eigenvalue weighted by molar-refractivity contribution is 6.02. The maximum atomic E-state index is 10.8. The molecule has 0 bridgehead atoms. The Labute approximate surface area is 63.7 Å². The van der Waals surface area contributed by atoms with E-state index in [0.717, 1.165) is 0 Å². The van der Waals surface area contributed by atoms with Gasteiger partial charge in [-0.25, -0.2) is 9.97 Å². The maximum absolute atomic E-state index is 10.8. The Morgan fingerprint density at radius 3 is 3.00 bits per heavy atom. The van der Waals surface area contributed by atoms with Crippen molar-refractivity contribution in [2.45, 2.75) is 0 Å². The van der Waals surface area contributed by atoms with Crippen LogP contribution in [0.3, 0.4) is 0 Å². The molecule has 1 aromatic rings. The second-order valence-electron chi connectivity index (χ2n) is 1.76. The molecule has 1 aromatic heterocycles. The molecule has 1 rings (SSSR count). The molecule has 0 aliphatic heterocycles. The van der Waals surface area contributed by atoms with E-state index in [1.54, 1.807) is 0 Å². The molecule has 0 aliphatic carbocycles. The van der Waals surface area contributed by atoms with E-state index >= 15 is 0 Å². The summed E-state index contributed by atoms with van der Waals surface area (Å²) in [6, 6.07) is 1.42. The Morgan fingerprint density at radius 1 is 1.73 bits per heavy atom. The summed E-state index contributed by atoms with van der Waals surface area (Å²) in [5.74, 6) is -0.446. The number of rotatable bonds is 1. The summed E-state index contributed by atoms with van der Waals surface area (Å²) < 4.78 is 0. The Hall–Kier alpha value is -1.78. The molecule has 0 spiro atoms. The fraction of sp³-hybridized carbons (Fsp3) is 0. The average Bonchev–Trinajstić information content (AvgIpc) is 2.03. The summed E-state index contributed by atoms with van der Waals surface area (Å²) in [7, 11) is 3.07. The minimum absolute atomic E-state index is 0.0551. The SMILES string of the molecule is [CH2+][N-]C(=O)c1ccnc(N)n1. The van der Waals surface area contributed by atoms with Crippen LogP contribution in [-0.4, -0.2) is 15.9 Å². The maximum Gasteiger partial charge on any atom is 0.220 e. The Morgan fingerprint density at radius 2 is 2.45 bits per heavy atom. The van der Waals surface area contributed by atoms with Gasteiger partial charge in [0.15, 0.2) is 0 Å². The van der Waals surface area contributed by atoms with E-state index in [9.17, 15) is 4.79 Å². The molecule has 0 radical (unpaired) electrons. The van der Waals surface area contributed by atoms with Gasteiger partial charge in [-0.2, -0.15) is 0 Å². The Kier molecular flexibility index (Phi) is 1.91. The van der Waals surface area contributed by atoms with Crippen LogP contribution in [0, 0.1) is 7.05 Å². The predicted octanol–water partition coefficient (Wildman–Crippen LogP) is 0.364. The Bertz CT molecular complexity index is 273. The zero-order valence-electron chi connectivity index (χ0n) is 5.69. The van der Waals surface area contributed by atoms with Crippen molar-refractivity contribution >= 4 is 11.9 Å². The number of nitrogen functional groups attached to an aromatic ring is 1. The van der Waals surface area contributed by atoms with Gasteiger partial charge in [-0.05, 0) is 6.07 Å². The first-order chi connectivity index (χ1) is 5.24. The van der Waals surface area contributed by atoms with Crippen molar-refractivity contribution in [3.63, 3.8) is 0 Å². The van der Waals surface area contributed by atoms with Crippen LogP contribution in [0.5, 0.6) is 0 Å². The van der Waals surface area contributed by atoms with E-state index in [2.05, 4.69) is 22.3 Å². The normalized spacial score (nSPS) is 9.09. The van der Waals surface area contributed by atoms with E-state index in [-0.39, 0.29) is 11.6 Å². The lowest BCUT2D eigenvalue weighted by atomic mass is 10.4. The molecule has 0 saturated heterocycles. The van der Waals surface area contributed by atoms with Crippen molar-refractivity contribution < 1.29 is 4.79 Å². The van der Waals surface area contributed by atoms with Gasteiger partial charge in [0.2, 0.25) is 5.95 Å². The third kappa shape index (κ3) is 1.57. The molecule has 5 heteroatoms. The number of hydrogen-bond acceptors (Lipinski definition) is 4. The standard InChI is InChI=1S/C6H6N4O/c1-8-5(11)4-2-3-9-6(7)10-4/h2-3H,1H2,(H2-,7,8,9,10,11). The molecular weight excluding hydrogens is 144 g/mol. The number of hydrogen-bond donors (Lipinski definition) is 1. The van der Waals surface area contributed by atoms with Crippen LogP contribution in [-0.2, 0) is 0 Å². The van der Waals surface area contributed by atoms with E-state index < -0.39 is 5.91 Å². The number of nitrogens with zero attached hydrogens (tertiary/aromatic N) is 3. The summed E-state index contributed by atoms with van der Waals surface area (Å²) in [4.78, 5) is 18.0. The van der Waals surface area contributed by atoms with E-state index in [1.807, 2.05) is 0 Å². The second-order valence-corrected chi connectivity index (χ2v) is 1.76. The van der Waals surface area contributed by atoms with Gasteiger partial charge >= 0.3 is 0 Å². The van der Waals surface area contributed by atoms with Crippen LogP contribution in [0.2, 0.25) is 0 Å². The van der Waals surface area contributed by atoms with Gasteiger partial charge < -0.3 is 15.8 Å². The summed E-state index contributed by atoms with van der Waals surface area (Å²) in [5.41, 5.74) is 5.37. The smallest absolute Gasteiger partial charge is 0.220 e. The van der Waals surface area contributed by atoms with Crippen molar-refractivity contribution in [3.8, 4) is 0 Å². The highest BCUT2D eigenvalue weighted by atomic mass is 16.1. The summed E-state index contributed by atoms with van der Waals surface area (Å²) in [6.45, 7) is 0. The number of amides is 1. The van der Waals surface area contributed by atoms with Gasteiger partial charge in [0.25, 0.3) is 0 Å². The van der Waals surface area contributed by atoms with Crippen molar-refractivity contribution in [1.29, 1.82) is 0 Å². The summed E-state index contributed by atoms with van der Waals surface area (Å²) >= 11 is 0. The van der Waals surface area contributed by atoms with Gasteiger partial charge in [-0.15, -0.1) is 0 Å². The minimum Gasteiger partial charge on any atom is -0.454 e. The molecule has 5 nitrogen and oxygen atoms in total. The number of nitrogens with two attached hydrogens (primary N) is 1. The molecule has 0 aromatic carbocycles. The van der Waals surface area contributed by atoms with E-state index in [0.29, 0.717) is 0 Å². The van der Waals surface area contributed by atoms with Crippen LogP contribution in [0.15, 0.2) is 12.3 Å². The first-order valence-electron chi connectivity index (χ1n) is 2.83. The lowest BCUT2D eigenvalue weighted by molar-refractivity contribution is 0.103. The number of aromatic nitrogens is 2. The second kappa shape index (κ2) is 2.87. The highest BCUT2D eigenvalue weighted by Crippen LogP contribution is 2.00. The molecule has 56 valence electrons. The molecule has 0 aliphatic rings. The van der Waals surface area contributed by atoms with Gasteiger partial charge in [-0.1, -0.05) is 0 Å². The lowest BCUT2D eigenvalue weighted by Gasteiger charge is -2.02. The molecule has 0 fully saturated rings. The monoisotopic (exact) mass is 150 g/mol. The van der Waals surface area contributed by atoms with Gasteiger partial charge in [0.05, 0.1) is 5.69 Å². The molecule has 0 saturated carbocycles. The number of carbonyl (C=O) groups excluding carboxylic acids is 1. The quantitative estimate of drug-likeness (QED) is 0.586. The van der Waals surface area contributed by atoms with Crippen LogP contribution < -0.4 is 5.73 Å². The molecule has 1 amide bonds. The van der Waals surface area contributed by atoms with E-state index in [4.69, 9.17) is 5.73 Å². The molecule has 0 atom stereocenters. The third-order valence-corrected chi connectivity index (χ3v) is 1.04. The highest BCUT2D eigenvalue weighted by Gasteiger charge is 1.98. The first-order valence-corrected chi connectivity index (χ1v) is 2.83. The van der Waals surface area contributed by atoms with Crippen molar-refractivity contribution in [3.05, 3.63) is 30.3 Å². The largest absolute Gasteiger partial charge is 0.454 e. The lowest BCUT2D eigenvalue weighted by Crippen LogP contribution is -2.02. The van der Waals surface area contributed by atoms with Crippen molar-refractivity contribution in [2.75, 3.05) is 5.73 Å². The van der Waals surface area contributed by atoms with Crippen molar-refractivity contribution in [2.24, 2.45) is 0 Å². The van der Waals surface area contributed by atoms with Gasteiger partial charge in [-0.3, -0.25) is 0 Å². The average molecular weight is 150 g/mol. The molecule has 2 N–H and O–H groups in total. The van der Waals surface area contributed by atoms with Crippen LogP contribution >= 0.6 is 0 Å².